The summed E-state index contributed by atoms with van der Waals surface area (Å²) >= 11 is 5.18. The van der Waals surface area contributed by atoms with Crippen LogP contribution in [0.1, 0.15) is 10.5 Å². The first kappa shape index (κ1) is 7.81. The molecule has 5 heteroatoms. The highest BCUT2D eigenvalue weighted by atomic mass is 35.5. The average Bonchev–Trinajstić information content (AvgIpc) is 2.07. The monoisotopic (exact) mass is 169 g/mol. The molecule has 1 rings (SSSR count). The number of rotatable bonds is 2. The fourth-order valence-electron chi connectivity index (χ4n) is 0.515. The third-order valence-electron chi connectivity index (χ3n) is 0.970. The smallest absolute Gasteiger partial charge is 0.207 e. The molecule has 56 valence electrons. The second kappa shape index (κ2) is 3.78. The van der Waals surface area contributed by atoms with Crippen LogP contribution in [0.4, 0.5) is 0 Å². The Bertz CT molecular complexity index is 272. The number of carbonyl (C=O) groups is 1. The Morgan fingerprint density at radius 1 is 1.64 bits per heavy atom. The van der Waals surface area contributed by atoms with Crippen LogP contribution < -0.4 is 0 Å². The fourth-order valence-corrected chi connectivity index (χ4v) is 0.630. The number of halogens is 1. The molecule has 0 unspecified atom stereocenters. The average molecular weight is 170 g/mol. The second-order valence-electron chi connectivity index (χ2n) is 1.66. The van der Waals surface area contributed by atoms with E-state index in [1.807, 2.05) is 0 Å². The molecule has 1 heterocycles. The van der Waals surface area contributed by atoms with Crippen molar-refractivity contribution in [3.05, 3.63) is 29.6 Å². The van der Waals surface area contributed by atoms with Gasteiger partial charge in [0.25, 0.3) is 0 Å². The zero-order chi connectivity index (χ0) is 8.10. The minimum absolute atomic E-state index is 0.233. The topological polar surface area (TPSA) is 55.7 Å². The molecule has 0 amide bonds. The lowest BCUT2D eigenvalue weighted by Gasteiger charge is -1.88. The van der Waals surface area contributed by atoms with Gasteiger partial charge in [-0.25, -0.2) is 0 Å². The van der Waals surface area contributed by atoms with Gasteiger partial charge >= 0.3 is 0 Å². The van der Waals surface area contributed by atoms with E-state index >= 15 is 0 Å². The van der Waals surface area contributed by atoms with E-state index in [0.29, 0.717) is 0 Å². The van der Waals surface area contributed by atoms with E-state index in [2.05, 4.69) is 15.4 Å². The minimum atomic E-state index is -0.282. The van der Waals surface area contributed by atoms with Gasteiger partial charge in [0, 0.05) is 5.54 Å². The van der Waals surface area contributed by atoms with Crippen molar-refractivity contribution < 1.29 is 4.79 Å². The van der Waals surface area contributed by atoms with E-state index in [9.17, 15) is 4.79 Å². The molecule has 0 aliphatic rings. The number of nitrogens with zero attached hydrogens (tertiary/aromatic N) is 3. The number of allylic oxidation sites excluding steroid dienone is 1. The van der Waals surface area contributed by atoms with Gasteiger partial charge in [0.05, 0.1) is 6.20 Å². The van der Waals surface area contributed by atoms with Crippen molar-refractivity contribution in [1.29, 1.82) is 0 Å². The van der Waals surface area contributed by atoms with Crippen LogP contribution in [0.15, 0.2) is 23.9 Å². The summed E-state index contributed by atoms with van der Waals surface area (Å²) in [5.41, 5.74) is 1.36. The highest BCUT2D eigenvalue weighted by molar-refractivity contribution is 6.27. The molecule has 0 atom stereocenters. The Morgan fingerprint density at radius 2 is 2.45 bits per heavy atom. The van der Waals surface area contributed by atoms with Crippen molar-refractivity contribution in [2.45, 2.75) is 0 Å². The first-order valence-corrected chi connectivity index (χ1v) is 3.23. The predicted octanol–water partition coefficient (Wildman–Crippen LogP) is 0.807. The van der Waals surface area contributed by atoms with Crippen LogP contribution >= 0.6 is 11.6 Å². The molecule has 11 heavy (non-hydrogen) atoms. The van der Waals surface area contributed by atoms with Gasteiger partial charge in [0.15, 0.2) is 0 Å². The van der Waals surface area contributed by atoms with Crippen molar-refractivity contribution in [2.75, 3.05) is 0 Å². The lowest BCUT2D eigenvalue weighted by molar-refractivity contribution is 0.104. The molecule has 4 nitrogen and oxygen atoms in total. The Hall–Kier alpha value is -1.29. The number of aromatic nitrogens is 3. The van der Waals surface area contributed by atoms with Crippen LogP contribution in [-0.2, 0) is 0 Å². The summed E-state index contributed by atoms with van der Waals surface area (Å²) in [4.78, 5) is 10.9. The summed E-state index contributed by atoms with van der Waals surface area (Å²) in [7, 11) is 0. The van der Waals surface area contributed by atoms with Crippen molar-refractivity contribution in [3.8, 4) is 0 Å². The second-order valence-corrected chi connectivity index (χ2v) is 1.91. The van der Waals surface area contributed by atoms with E-state index in [1.165, 1.54) is 18.3 Å². The Labute approximate surface area is 67.9 Å². The van der Waals surface area contributed by atoms with Crippen LogP contribution in [-0.4, -0.2) is 21.2 Å². The van der Waals surface area contributed by atoms with Gasteiger partial charge < -0.3 is 0 Å². The maximum atomic E-state index is 10.9. The minimum Gasteiger partial charge on any atom is -0.287 e. The van der Waals surface area contributed by atoms with E-state index < -0.39 is 0 Å². The first-order valence-electron chi connectivity index (χ1n) is 2.80. The number of hydrogen-bond acceptors (Lipinski definition) is 4. The first-order chi connectivity index (χ1) is 5.34. The molecule has 1 aromatic heterocycles. The zero-order valence-electron chi connectivity index (χ0n) is 5.44. The zero-order valence-corrected chi connectivity index (χ0v) is 6.19. The SMILES string of the molecule is O=C(C=CCl)c1ccnnn1. The van der Waals surface area contributed by atoms with Gasteiger partial charge in [-0.2, -0.15) is 0 Å². The van der Waals surface area contributed by atoms with Crippen LogP contribution in [0, 0.1) is 0 Å². The van der Waals surface area contributed by atoms with E-state index in [0.717, 1.165) is 5.54 Å². The molecule has 0 saturated heterocycles. The predicted molar refractivity (Wildman–Crippen MR) is 39.2 cm³/mol. The van der Waals surface area contributed by atoms with Gasteiger partial charge in [0.1, 0.15) is 5.69 Å². The lowest BCUT2D eigenvalue weighted by atomic mass is 10.3. The number of carbonyl (C=O) groups excluding carboxylic acids is 1. The summed E-state index contributed by atoms with van der Waals surface area (Å²) in [6, 6.07) is 1.46. The molecule has 0 spiro atoms. The molecule has 0 N–H and O–H groups in total. The van der Waals surface area contributed by atoms with Crippen LogP contribution in [0.25, 0.3) is 0 Å². The largest absolute Gasteiger partial charge is 0.287 e. The van der Waals surface area contributed by atoms with Crippen LogP contribution in [0.5, 0.6) is 0 Å². The summed E-state index contributed by atoms with van der Waals surface area (Å²) < 4.78 is 0. The third-order valence-corrected chi connectivity index (χ3v) is 1.10. The standard InChI is InChI=1S/C6H4ClN3O/c7-3-1-6(11)5-2-4-8-10-9-5/h1-4H. The summed E-state index contributed by atoms with van der Waals surface area (Å²) in [6.07, 6.45) is 2.59. The fraction of sp³-hybridized carbons (Fsp3) is 0. The molecule has 0 aromatic carbocycles. The maximum absolute atomic E-state index is 10.9. The molecular weight excluding hydrogens is 166 g/mol. The Balaban J connectivity index is 2.86. The van der Waals surface area contributed by atoms with Crippen molar-refractivity contribution >= 4 is 17.4 Å². The lowest BCUT2D eigenvalue weighted by Crippen LogP contribution is -2.00. The number of hydrogen-bond donors (Lipinski definition) is 0. The number of ketones is 1. The van der Waals surface area contributed by atoms with Gasteiger partial charge in [0.2, 0.25) is 5.78 Å². The molecule has 0 saturated carbocycles. The molecule has 0 fully saturated rings. The molecule has 1 aromatic rings. The molecule has 0 aliphatic heterocycles. The quantitative estimate of drug-likeness (QED) is 0.486. The summed E-state index contributed by atoms with van der Waals surface area (Å²) in [5.74, 6) is -0.282. The molecule has 0 aliphatic carbocycles. The van der Waals surface area contributed by atoms with Gasteiger partial charge in [-0.3, -0.25) is 4.79 Å². The molecular formula is C6H4ClN3O. The van der Waals surface area contributed by atoms with Crippen LogP contribution in [0.3, 0.4) is 0 Å². The third kappa shape index (κ3) is 2.09. The van der Waals surface area contributed by atoms with Crippen LogP contribution in [0.2, 0.25) is 0 Å². The Morgan fingerprint density at radius 3 is 3.00 bits per heavy atom. The molecule has 0 radical (unpaired) electrons. The van der Waals surface area contributed by atoms with Crippen molar-refractivity contribution in [3.63, 3.8) is 0 Å². The van der Waals surface area contributed by atoms with Gasteiger partial charge in [-0.1, -0.05) is 11.6 Å². The normalized spacial score (nSPS) is 10.3. The van der Waals surface area contributed by atoms with E-state index in [1.54, 1.807) is 0 Å². The van der Waals surface area contributed by atoms with Gasteiger partial charge in [-0.05, 0) is 17.4 Å². The highest BCUT2D eigenvalue weighted by Crippen LogP contribution is 1.93. The highest BCUT2D eigenvalue weighted by Gasteiger charge is 2.01. The maximum Gasteiger partial charge on any atom is 0.207 e. The van der Waals surface area contributed by atoms with Crippen molar-refractivity contribution in [1.82, 2.24) is 15.4 Å². The Kier molecular flexibility index (Phi) is 2.68. The summed E-state index contributed by atoms with van der Waals surface area (Å²) in [6.45, 7) is 0. The van der Waals surface area contributed by atoms with Gasteiger partial charge in [-0.15, -0.1) is 10.2 Å². The summed E-state index contributed by atoms with van der Waals surface area (Å²) in [5, 5.41) is 10.2. The van der Waals surface area contributed by atoms with E-state index in [-0.39, 0.29) is 11.5 Å². The van der Waals surface area contributed by atoms with Crippen molar-refractivity contribution in [2.24, 2.45) is 0 Å². The van der Waals surface area contributed by atoms with E-state index in [4.69, 9.17) is 11.6 Å². The molecule has 0 bridgehead atoms.